The highest BCUT2D eigenvalue weighted by atomic mass is 16.4. The largest absolute Gasteiger partial charge is 0.481 e. The Labute approximate surface area is 86.0 Å². The van der Waals surface area contributed by atoms with Gasteiger partial charge in [-0.15, -0.1) is 0 Å². The van der Waals surface area contributed by atoms with Gasteiger partial charge in [-0.2, -0.15) is 0 Å². The lowest BCUT2D eigenvalue weighted by Gasteiger charge is -2.28. The molecule has 0 aromatic heterocycles. The molecule has 1 saturated heterocycles. The van der Waals surface area contributed by atoms with E-state index in [2.05, 4.69) is 10.6 Å². The van der Waals surface area contributed by atoms with Gasteiger partial charge < -0.3 is 21.5 Å². The molecule has 1 heterocycles. The Balaban J connectivity index is 2.58. The minimum absolute atomic E-state index is 0.280. The molecule has 1 aliphatic rings. The minimum atomic E-state index is -1.13. The van der Waals surface area contributed by atoms with Crippen molar-refractivity contribution in [2.75, 3.05) is 6.54 Å². The van der Waals surface area contributed by atoms with Crippen LogP contribution in [0.5, 0.6) is 0 Å². The van der Waals surface area contributed by atoms with E-state index in [0.29, 0.717) is 6.42 Å². The van der Waals surface area contributed by atoms with Gasteiger partial charge in [0.05, 0.1) is 6.42 Å². The number of hydrogen-bond acceptors (Lipinski definition) is 4. The van der Waals surface area contributed by atoms with E-state index in [-0.39, 0.29) is 12.5 Å². The Hall–Kier alpha value is -1.63. The van der Waals surface area contributed by atoms with Gasteiger partial charge >= 0.3 is 5.97 Å². The molecule has 0 aromatic rings. The number of rotatable bonds is 4. The number of hydrogen-bond donors (Lipinski definition) is 4. The van der Waals surface area contributed by atoms with E-state index >= 15 is 0 Å². The normalized spacial score (nSPS) is 25.7. The fourth-order valence-electron chi connectivity index (χ4n) is 1.36. The van der Waals surface area contributed by atoms with Gasteiger partial charge in [-0.1, -0.05) is 0 Å². The topological polar surface area (TPSA) is 122 Å². The lowest BCUT2D eigenvalue weighted by molar-refractivity contribution is -0.143. The summed E-state index contributed by atoms with van der Waals surface area (Å²) in [4.78, 5) is 33.1. The zero-order valence-electron chi connectivity index (χ0n) is 8.03. The number of carbonyl (C=O) groups is 3. The van der Waals surface area contributed by atoms with Gasteiger partial charge in [0.25, 0.3) is 0 Å². The first kappa shape index (κ1) is 11.4. The van der Waals surface area contributed by atoms with Crippen LogP contribution in [-0.2, 0) is 14.4 Å². The molecule has 0 unspecified atom stereocenters. The standard InChI is InChI=1S/C8H13N3O4/c9-2-1-4-7(14)11-5(3-6(12)13)8(15)10-4/h4-5H,1-3,9H2,(H,10,15)(H,11,14)(H,12,13)/t4-,5+/m1/s1. The van der Waals surface area contributed by atoms with Gasteiger partial charge in [-0.05, 0) is 13.0 Å². The van der Waals surface area contributed by atoms with Crippen molar-refractivity contribution in [3.63, 3.8) is 0 Å². The monoisotopic (exact) mass is 215 g/mol. The molecule has 1 rings (SSSR count). The van der Waals surface area contributed by atoms with Crippen molar-refractivity contribution >= 4 is 17.8 Å². The second kappa shape index (κ2) is 4.74. The average molecular weight is 215 g/mol. The van der Waals surface area contributed by atoms with E-state index in [1.165, 1.54) is 0 Å². The van der Waals surface area contributed by atoms with Crippen molar-refractivity contribution < 1.29 is 19.5 Å². The van der Waals surface area contributed by atoms with Crippen molar-refractivity contribution in [2.45, 2.75) is 24.9 Å². The van der Waals surface area contributed by atoms with Crippen LogP contribution in [0.4, 0.5) is 0 Å². The molecule has 15 heavy (non-hydrogen) atoms. The summed E-state index contributed by atoms with van der Waals surface area (Å²) < 4.78 is 0. The van der Waals surface area contributed by atoms with Crippen LogP contribution in [-0.4, -0.2) is 41.5 Å². The predicted octanol–water partition coefficient (Wildman–Crippen LogP) is -2.21. The zero-order chi connectivity index (χ0) is 11.4. The maximum Gasteiger partial charge on any atom is 0.305 e. The molecule has 0 saturated carbocycles. The number of amides is 2. The van der Waals surface area contributed by atoms with Crippen LogP contribution in [0, 0.1) is 0 Å². The third-order valence-corrected chi connectivity index (χ3v) is 2.10. The summed E-state index contributed by atoms with van der Waals surface area (Å²) in [7, 11) is 0. The quantitative estimate of drug-likeness (QED) is 0.423. The number of carboxylic acids is 1. The molecule has 2 amide bonds. The van der Waals surface area contributed by atoms with Gasteiger partial charge in [0.1, 0.15) is 12.1 Å². The first-order valence-corrected chi connectivity index (χ1v) is 4.57. The van der Waals surface area contributed by atoms with Crippen molar-refractivity contribution in [1.82, 2.24) is 10.6 Å². The predicted molar refractivity (Wildman–Crippen MR) is 49.8 cm³/mol. The molecule has 1 fully saturated rings. The number of nitrogens with two attached hydrogens (primary N) is 1. The molecule has 2 atom stereocenters. The molecule has 0 spiro atoms. The molecule has 7 nitrogen and oxygen atoms in total. The number of carbonyl (C=O) groups excluding carboxylic acids is 2. The van der Waals surface area contributed by atoms with E-state index in [9.17, 15) is 14.4 Å². The summed E-state index contributed by atoms with van der Waals surface area (Å²) in [6, 6.07) is -1.63. The van der Waals surface area contributed by atoms with E-state index in [1.54, 1.807) is 0 Å². The van der Waals surface area contributed by atoms with E-state index in [4.69, 9.17) is 10.8 Å². The molecule has 0 radical (unpaired) electrons. The SMILES string of the molecule is NCC[C@H]1NC(=O)[C@H](CC(=O)O)NC1=O. The number of carboxylic acid groups (broad SMARTS) is 1. The minimum Gasteiger partial charge on any atom is -0.481 e. The molecule has 0 aromatic carbocycles. The van der Waals surface area contributed by atoms with Crippen molar-refractivity contribution in [3.05, 3.63) is 0 Å². The Morgan fingerprint density at radius 1 is 1.27 bits per heavy atom. The Morgan fingerprint density at radius 2 is 1.80 bits per heavy atom. The summed E-state index contributed by atoms with van der Waals surface area (Å²) in [6.07, 6.45) is -0.0652. The van der Waals surface area contributed by atoms with Gasteiger partial charge in [0.15, 0.2) is 0 Å². The third-order valence-electron chi connectivity index (χ3n) is 2.10. The summed E-state index contributed by atoms with van der Waals surface area (Å²) in [6.45, 7) is 0.280. The van der Waals surface area contributed by atoms with Crippen LogP contribution < -0.4 is 16.4 Å². The Morgan fingerprint density at radius 3 is 2.33 bits per heavy atom. The lowest BCUT2D eigenvalue weighted by atomic mass is 10.1. The summed E-state index contributed by atoms with van der Waals surface area (Å²) >= 11 is 0. The summed E-state index contributed by atoms with van der Waals surface area (Å²) in [5, 5.41) is 13.3. The molecule has 0 aliphatic carbocycles. The summed E-state index contributed by atoms with van der Waals surface area (Å²) in [5.41, 5.74) is 5.26. The number of aliphatic carboxylic acids is 1. The molecule has 84 valence electrons. The van der Waals surface area contributed by atoms with Gasteiger partial charge in [0.2, 0.25) is 11.8 Å². The number of piperazine rings is 1. The fraction of sp³-hybridized carbons (Fsp3) is 0.625. The van der Waals surface area contributed by atoms with E-state index < -0.39 is 30.4 Å². The van der Waals surface area contributed by atoms with Gasteiger partial charge in [-0.3, -0.25) is 14.4 Å². The maximum absolute atomic E-state index is 11.3. The second-order valence-corrected chi connectivity index (χ2v) is 3.30. The van der Waals surface area contributed by atoms with Crippen LogP contribution in [0.3, 0.4) is 0 Å². The molecular weight excluding hydrogens is 202 g/mol. The molecule has 0 bridgehead atoms. The smallest absolute Gasteiger partial charge is 0.305 e. The highest BCUT2D eigenvalue weighted by molar-refractivity contribution is 5.98. The molecule has 7 heteroatoms. The highest BCUT2D eigenvalue weighted by Gasteiger charge is 2.34. The van der Waals surface area contributed by atoms with E-state index in [0.717, 1.165) is 0 Å². The molecule has 5 N–H and O–H groups in total. The first-order chi connectivity index (χ1) is 7.04. The van der Waals surface area contributed by atoms with Crippen LogP contribution >= 0.6 is 0 Å². The van der Waals surface area contributed by atoms with Crippen LogP contribution in [0.1, 0.15) is 12.8 Å². The molecular formula is C8H13N3O4. The van der Waals surface area contributed by atoms with Crippen molar-refractivity contribution in [2.24, 2.45) is 5.73 Å². The summed E-state index contributed by atoms with van der Waals surface area (Å²) in [5.74, 6) is -1.99. The average Bonchev–Trinajstić information content (AvgIpc) is 2.13. The zero-order valence-corrected chi connectivity index (χ0v) is 8.03. The van der Waals surface area contributed by atoms with Gasteiger partial charge in [0, 0.05) is 0 Å². The van der Waals surface area contributed by atoms with Crippen LogP contribution in [0.25, 0.3) is 0 Å². The first-order valence-electron chi connectivity index (χ1n) is 4.57. The highest BCUT2D eigenvalue weighted by Crippen LogP contribution is 2.03. The third kappa shape index (κ3) is 2.91. The maximum atomic E-state index is 11.3. The van der Waals surface area contributed by atoms with Crippen LogP contribution in [0.2, 0.25) is 0 Å². The van der Waals surface area contributed by atoms with Gasteiger partial charge in [-0.25, -0.2) is 0 Å². The van der Waals surface area contributed by atoms with E-state index in [1.807, 2.05) is 0 Å². The van der Waals surface area contributed by atoms with Crippen molar-refractivity contribution in [3.8, 4) is 0 Å². The fourth-order valence-corrected chi connectivity index (χ4v) is 1.36. The van der Waals surface area contributed by atoms with Crippen molar-refractivity contribution in [1.29, 1.82) is 0 Å². The Bertz CT molecular complexity index is 292. The number of nitrogens with one attached hydrogen (secondary N) is 2. The lowest BCUT2D eigenvalue weighted by Crippen LogP contribution is -2.62. The Kier molecular flexibility index (Phi) is 3.62. The molecule has 1 aliphatic heterocycles. The second-order valence-electron chi connectivity index (χ2n) is 3.30. The van der Waals surface area contributed by atoms with Crippen LogP contribution in [0.15, 0.2) is 0 Å².